The summed E-state index contributed by atoms with van der Waals surface area (Å²) in [6.07, 6.45) is 0. The first-order valence-corrected chi connectivity index (χ1v) is 8.08. The second kappa shape index (κ2) is 4.73. The van der Waals surface area contributed by atoms with Crippen LogP contribution in [0.15, 0.2) is 12.1 Å². The molecule has 0 heterocycles. The Kier molecular flexibility index (Phi) is 4.09. The van der Waals surface area contributed by atoms with Crippen LogP contribution in [-0.2, 0) is 15.4 Å². The van der Waals surface area contributed by atoms with Crippen LogP contribution in [0.3, 0.4) is 0 Å². The molecule has 1 aromatic carbocycles. The highest BCUT2D eigenvalue weighted by molar-refractivity contribution is 7.60. The highest BCUT2D eigenvalue weighted by Crippen LogP contribution is 2.43. The van der Waals surface area contributed by atoms with Crippen LogP contribution in [0.5, 0.6) is 0 Å². The second-order valence-corrected chi connectivity index (χ2v) is 8.77. The van der Waals surface area contributed by atoms with E-state index in [1.165, 1.54) is 0 Å². The van der Waals surface area contributed by atoms with Gasteiger partial charge in [0.25, 0.3) is 0 Å². The Hall–Kier alpha value is -0.630. The molecule has 2 N–H and O–H groups in total. The van der Waals surface area contributed by atoms with Gasteiger partial charge in [-0.2, -0.15) is 0 Å². The monoisotopic (exact) mass is 284 g/mol. The molecule has 0 saturated heterocycles. The topological polar surface area (TPSA) is 57.5 Å². The van der Waals surface area contributed by atoms with Crippen molar-refractivity contribution in [2.24, 2.45) is 0 Å². The fourth-order valence-electron chi connectivity index (χ4n) is 2.66. The van der Waals surface area contributed by atoms with Crippen molar-refractivity contribution >= 4 is 12.9 Å². The Bertz CT molecular complexity index is 528. The van der Waals surface area contributed by atoms with Gasteiger partial charge in [0.1, 0.15) is 0 Å². The van der Waals surface area contributed by atoms with Crippen LogP contribution < -0.4 is 5.30 Å². The molecule has 0 bridgehead atoms. The lowest BCUT2D eigenvalue weighted by molar-refractivity contribution is 0.386. The quantitative estimate of drug-likeness (QED) is 0.777. The van der Waals surface area contributed by atoms with Crippen LogP contribution in [0.1, 0.15) is 58.2 Å². The first-order valence-electron chi connectivity index (χ1n) is 6.47. The van der Waals surface area contributed by atoms with Crippen molar-refractivity contribution in [1.29, 1.82) is 0 Å². The maximum absolute atomic E-state index is 11.8. The zero-order chi connectivity index (χ0) is 15.2. The van der Waals surface area contributed by atoms with E-state index in [1.807, 2.05) is 33.8 Å². The van der Waals surface area contributed by atoms with Crippen molar-refractivity contribution in [2.75, 3.05) is 0 Å². The third kappa shape index (κ3) is 3.47. The second-order valence-electron chi connectivity index (χ2n) is 7.20. The Morgan fingerprint density at radius 3 is 1.63 bits per heavy atom. The van der Waals surface area contributed by atoms with E-state index in [0.29, 0.717) is 0 Å². The van der Waals surface area contributed by atoms with E-state index >= 15 is 0 Å². The highest BCUT2D eigenvalue weighted by Gasteiger charge is 2.34. The van der Waals surface area contributed by atoms with E-state index in [1.54, 1.807) is 6.07 Å². The van der Waals surface area contributed by atoms with Gasteiger partial charge in [0.05, 0.1) is 5.30 Å². The van der Waals surface area contributed by atoms with Crippen LogP contribution in [0.4, 0.5) is 0 Å². The molecule has 3 nitrogen and oxygen atoms in total. The average molecular weight is 284 g/mol. The van der Waals surface area contributed by atoms with Gasteiger partial charge in [-0.15, -0.1) is 0 Å². The summed E-state index contributed by atoms with van der Waals surface area (Å²) in [6, 6.07) is 3.39. The van der Waals surface area contributed by atoms with Gasteiger partial charge in [0.2, 0.25) is 0 Å². The van der Waals surface area contributed by atoms with Crippen molar-refractivity contribution in [2.45, 2.75) is 59.3 Å². The highest BCUT2D eigenvalue weighted by atomic mass is 31.2. The molecule has 0 aliphatic rings. The van der Waals surface area contributed by atoms with Crippen molar-refractivity contribution in [3.63, 3.8) is 0 Å². The largest absolute Gasteiger partial charge is 0.356 e. The molecule has 4 heteroatoms. The van der Waals surface area contributed by atoms with Crippen LogP contribution in [0.2, 0.25) is 0 Å². The normalized spacial score (nSPS) is 13.7. The van der Waals surface area contributed by atoms with Crippen LogP contribution in [0, 0.1) is 6.92 Å². The average Bonchev–Trinajstić information content (AvgIpc) is 2.11. The molecule has 0 aliphatic carbocycles. The molecule has 0 saturated carbocycles. The lowest BCUT2D eigenvalue weighted by Crippen LogP contribution is -2.30. The van der Waals surface area contributed by atoms with Gasteiger partial charge in [0.15, 0.2) is 0 Å². The molecule has 108 valence electrons. The molecule has 1 aromatic rings. The molecule has 0 aromatic heterocycles. The van der Waals surface area contributed by atoms with Gasteiger partial charge in [-0.05, 0) is 40.5 Å². The lowest BCUT2D eigenvalue weighted by atomic mass is 9.73. The number of hydrogen-bond donors (Lipinski definition) is 2. The van der Waals surface area contributed by atoms with E-state index in [2.05, 4.69) is 20.8 Å². The van der Waals surface area contributed by atoms with Crippen LogP contribution in [-0.4, -0.2) is 9.79 Å². The molecular weight excluding hydrogens is 259 g/mol. The summed E-state index contributed by atoms with van der Waals surface area (Å²) in [6.45, 7) is 14.2. The summed E-state index contributed by atoms with van der Waals surface area (Å²) >= 11 is 0. The maximum Gasteiger partial charge on any atom is 0.356 e. The van der Waals surface area contributed by atoms with Crippen molar-refractivity contribution in [1.82, 2.24) is 0 Å². The van der Waals surface area contributed by atoms with Crippen molar-refractivity contribution in [3.8, 4) is 0 Å². The minimum atomic E-state index is -4.27. The Labute approximate surface area is 116 Å². The Morgan fingerprint density at radius 2 is 1.32 bits per heavy atom. The molecule has 0 aliphatic heterocycles. The molecule has 19 heavy (non-hydrogen) atoms. The summed E-state index contributed by atoms with van der Waals surface area (Å²) in [5, 5.41) is 0.163. The SMILES string of the molecule is Cc1ccc(P(=O)(O)O)c(C(C)(C)C)c1C(C)(C)C. The fraction of sp³-hybridized carbons (Fsp3) is 0.600. The third-order valence-electron chi connectivity index (χ3n) is 3.21. The van der Waals surface area contributed by atoms with Crippen LogP contribution in [0.25, 0.3) is 0 Å². The molecule has 0 unspecified atom stereocenters. The first-order chi connectivity index (χ1) is 8.26. The third-order valence-corrected chi connectivity index (χ3v) is 4.21. The number of aryl methyl sites for hydroxylation is 1. The Morgan fingerprint density at radius 1 is 0.895 bits per heavy atom. The number of hydrogen-bond acceptors (Lipinski definition) is 1. The number of benzene rings is 1. The zero-order valence-corrected chi connectivity index (χ0v) is 13.8. The predicted molar refractivity (Wildman–Crippen MR) is 80.3 cm³/mol. The minimum Gasteiger partial charge on any atom is -0.321 e. The molecular formula is C15H25O3P. The number of rotatable bonds is 1. The molecule has 0 amide bonds. The van der Waals surface area contributed by atoms with Gasteiger partial charge in [-0.25, -0.2) is 0 Å². The van der Waals surface area contributed by atoms with Gasteiger partial charge < -0.3 is 9.79 Å². The van der Waals surface area contributed by atoms with E-state index in [0.717, 1.165) is 16.7 Å². The molecule has 0 radical (unpaired) electrons. The maximum atomic E-state index is 11.8. The van der Waals surface area contributed by atoms with E-state index in [-0.39, 0.29) is 16.1 Å². The van der Waals surface area contributed by atoms with Gasteiger partial charge >= 0.3 is 7.60 Å². The summed E-state index contributed by atoms with van der Waals surface area (Å²) in [5.74, 6) is 0. The summed E-state index contributed by atoms with van der Waals surface area (Å²) in [5.41, 5.74) is 2.44. The van der Waals surface area contributed by atoms with E-state index in [9.17, 15) is 14.4 Å². The lowest BCUT2D eigenvalue weighted by Gasteiger charge is -2.34. The van der Waals surface area contributed by atoms with Gasteiger partial charge in [-0.3, -0.25) is 4.57 Å². The van der Waals surface area contributed by atoms with Gasteiger partial charge in [0, 0.05) is 0 Å². The van der Waals surface area contributed by atoms with E-state index < -0.39 is 7.60 Å². The standard InChI is InChI=1S/C15H25O3P/c1-10-8-9-11(19(16,17)18)13(15(5,6)7)12(10)14(2,3)4/h8-9H,1-7H3,(H2,16,17,18). The minimum absolute atomic E-state index is 0.155. The zero-order valence-electron chi connectivity index (χ0n) is 12.9. The molecule has 0 spiro atoms. The predicted octanol–water partition coefficient (Wildman–Crippen LogP) is 3.39. The molecule has 0 fully saturated rings. The Balaban J connectivity index is 3.88. The van der Waals surface area contributed by atoms with Crippen LogP contribution >= 0.6 is 7.60 Å². The molecule has 1 rings (SSSR count). The van der Waals surface area contributed by atoms with Crippen molar-refractivity contribution < 1.29 is 14.4 Å². The summed E-state index contributed by atoms with van der Waals surface area (Å²) < 4.78 is 11.8. The van der Waals surface area contributed by atoms with Gasteiger partial charge in [-0.1, -0.05) is 47.6 Å². The van der Waals surface area contributed by atoms with E-state index in [4.69, 9.17) is 0 Å². The first kappa shape index (κ1) is 16.4. The molecule has 0 atom stereocenters. The fourth-order valence-corrected chi connectivity index (χ4v) is 3.67. The smallest absolute Gasteiger partial charge is 0.321 e. The van der Waals surface area contributed by atoms with Crippen molar-refractivity contribution in [3.05, 3.63) is 28.8 Å². The summed E-state index contributed by atoms with van der Waals surface area (Å²) in [4.78, 5) is 19.3. The summed E-state index contributed by atoms with van der Waals surface area (Å²) in [7, 11) is -4.27.